The van der Waals surface area contributed by atoms with Crippen molar-refractivity contribution >= 4 is 16.7 Å². The van der Waals surface area contributed by atoms with Gasteiger partial charge in [0.05, 0.1) is 18.6 Å². The molecule has 0 aliphatic carbocycles. The molecule has 6 nitrogen and oxygen atoms in total. The summed E-state index contributed by atoms with van der Waals surface area (Å²) in [6.45, 7) is 1.74. The van der Waals surface area contributed by atoms with E-state index in [1.165, 1.54) is 0 Å². The fourth-order valence-electron chi connectivity index (χ4n) is 2.88. The highest BCUT2D eigenvalue weighted by Crippen LogP contribution is 2.37. The van der Waals surface area contributed by atoms with Crippen LogP contribution in [0.4, 0.5) is 5.82 Å². The van der Waals surface area contributed by atoms with Crippen LogP contribution >= 0.6 is 0 Å². The standard InChI is InChI=1S/C15H12N4O2/c1-2-19-7-10-3-9-4-12-13(21-8-20-12)5-11(9)18-15(10)17-6-14(19)16-1/h1-5H,6-8H2,(H,17,18). The first-order valence-electron chi connectivity index (χ1n) is 6.84. The Hall–Kier alpha value is -2.76. The van der Waals surface area contributed by atoms with Crippen molar-refractivity contribution in [1.82, 2.24) is 14.5 Å². The lowest BCUT2D eigenvalue weighted by Gasteiger charge is -2.09. The molecule has 4 heterocycles. The third kappa shape index (κ3) is 1.59. The van der Waals surface area contributed by atoms with Gasteiger partial charge in [-0.1, -0.05) is 0 Å². The van der Waals surface area contributed by atoms with E-state index in [9.17, 15) is 0 Å². The molecular formula is C15H12N4O2. The Morgan fingerprint density at radius 3 is 3.00 bits per heavy atom. The fourth-order valence-corrected chi connectivity index (χ4v) is 2.88. The van der Waals surface area contributed by atoms with Crippen molar-refractivity contribution in [3.05, 3.63) is 42.0 Å². The number of ether oxygens (including phenoxy) is 2. The molecule has 0 saturated heterocycles. The minimum atomic E-state index is 0.280. The van der Waals surface area contributed by atoms with E-state index in [0.717, 1.165) is 46.2 Å². The van der Waals surface area contributed by atoms with Crippen LogP contribution in [0.25, 0.3) is 10.9 Å². The topological polar surface area (TPSA) is 61.2 Å². The van der Waals surface area contributed by atoms with Gasteiger partial charge in [0.1, 0.15) is 11.6 Å². The molecule has 5 rings (SSSR count). The number of fused-ring (bicyclic) bond motifs is 4. The third-order valence-corrected chi connectivity index (χ3v) is 3.94. The van der Waals surface area contributed by atoms with Gasteiger partial charge in [0.2, 0.25) is 6.79 Å². The number of hydrogen-bond acceptors (Lipinski definition) is 5. The zero-order chi connectivity index (χ0) is 13.8. The smallest absolute Gasteiger partial charge is 0.231 e. The summed E-state index contributed by atoms with van der Waals surface area (Å²) in [5.41, 5.74) is 2.06. The second-order valence-corrected chi connectivity index (χ2v) is 5.22. The number of nitrogens with zero attached hydrogens (tertiary/aromatic N) is 3. The predicted molar refractivity (Wildman–Crippen MR) is 76.5 cm³/mol. The van der Waals surface area contributed by atoms with Crippen LogP contribution in [0.3, 0.4) is 0 Å². The van der Waals surface area contributed by atoms with Gasteiger partial charge in [0, 0.05) is 29.4 Å². The summed E-state index contributed by atoms with van der Waals surface area (Å²) >= 11 is 0. The number of hydrogen-bond donors (Lipinski definition) is 1. The lowest BCUT2D eigenvalue weighted by atomic mass is 10.1. The Kier molecular flexibility index (Phi) is 2.02. The van der Waals surface area contributed by atoms with Crippen molar-refractivity contribution in [2.24, 2.45) is 0 Å². The first-order valence-corrected chi connectivity index (χ1v) is 6.84. The number of benzene rings is 1. The van der Waals surface area contributed by atoms with Crippen LogP contribution < -0.4 is 14.8 Å². The highest BCUT2D eigenvalue weighted by Gasteiger charge is 2.18. The lowest BCUT2D eigenvalue weighted by Crippen LogP contribution is -2.03. The summed E-state index contributed by atoms with van der Waals surface area (Å²) in [5.74, 6) is 3.48. The summed E-state index contributed by atoms with van der Waals surface area (Å²) in [7, 11) is 0. The van der Waals surface area contributed by atoms with Crippen molar-refractivity contribution in [3.8, 4) is 11.5 Å². The Bertz CT molecular complexity index is 871. The van der Waals surface area contributed by atoms with Gasteiger partial charge in [0.15, 0.2) is 11.5 Å². The van der Waals surface area contributed by atoms with E-state index >= 15 is 0 Å². The van der Waals surface area contributed by atoms with Crippen molar-refractivity contribution < 1.29 is 9.47 Å². The van der Waals surface area contributed by atoms with Crippen molar-refractivity contribution in [2.75, 3.05) is 12.1 Å². The minimum absolute atomic E-state index is 0.280. The normalized spacial score (nSPS) is 15.2. The Balaban J connectivity index is 1.70. The Morgan fingerprint density at radius 1 is 1.14 bits per heavy atom. The average Bonchev–Trinajstić information content (AvgIpc) is 3.08. The monoisotopic (exact) mass is 280 g/mol. The first-order chi connectivity index (χ1) is 10.4. The molecule has 2 aliphatic rings. The quantitative estimate of drug-likeness (QED) is 0.683. The number of aromatic nitrogens is 3. The number of nitrogens with one attached hydrogen (secondary N) is 1. The van der Waals surface area contributed by atoms with Gasteiger partial charge in [-0.15, -0.1) is 0 Å². The van der Waals surface area contributed by atoms with Gasteiger partial charge in [-0.2, -0.15) is 0 Å². The molecule has 0 spiro atoms. The predicted octanol–water partition coefficient (Wildman–Crippen LogP) is 2.13. The molecule has 1 aromatic carbocycles. The average molecular weight is 280 g/mol. The van der Waals surface area contributed by atoms with Gasteiger partial charge in [-0.05, 0) is 12.1 Å². The molecular weight excluding hydrogens is 268 g/mol. The van der Waals surface area contributed by atoms with Gasteiger partial charge in [-0.3, -0.25) is 0 Å². The largest absolute Gasteiger partial charge is 0.454 e. The molecule has 1 N–H and O–H groups in total. The first kappa shape index (κ1) is 11.0. The van der Waals surface area contributed by atoms with Gasteiger partial charge in [0.25, 0.3) is 0 Å². The molecule has 104 valence electrons. The second-order valence-electron chi connectivity index (χ2n) is 5.22. The van der Waals surface area contributed by atoms with Crippen LogP contribution in [0.1, 0.15) is 11.4 Å². The van der Waals surface area contributed by atoms with Crippen molar-refractivity contribution in [1.29, 1.82) is 0 Å². The molecule has 0 atom stereocenters. The molecule has 6 heteroatoms. The van der Waals surface area contributed by atoms with Crippen LogP contribution in [0.2, 0.25) is 0 Å². The number of pyridine rings is 1. The van der Waals surface area contributed by atoms with Gasteiger partial charge < -0.3 is 19.4 Å². The van der Waals surface area contributed by atoms with Crippen molar-refractivity contribution in [3.63, 3.8) is 0 Å². The van der Waals surface area contributed by atoms with Crippen LogP contribution in [0.15, 0.2) is 30.6 Å². The van der Waals surface area contributed by atoms with Crippen LogP contribution in [-0.2, 0) is 13.1 Å². The van der Waals surface area contributed by atoms with E-state index in [1.807, 2.05) is 24.5 Å². The van der Waals surface area contributed by atoms with E-state index in [4.69, 9.17) is 14.5 Å². The molecule has 0 amide bonds. The maximum absolute atomic E-state index is 5.44. The molecule has 0 unspecified atom stereocenters. The SMILES string of the molecule is c1cn2c(n1)CNc1nc3cc4c(cc3cc1C2)OCO4. The third-order valence-electron chi connectivity index (χ3n) is 3.94. The zero-order valence-electron chi connectivity index (χ0n) is 11.2. The second kappa shape index (κ2) is 3.88. The van der Waals surface area contributed by atoms with Crippen LogP contribution in [-0.4, -0.2) is 21.3 Å². The summed E-state index contributed by atoms with van der Waals surface area (Å²) in [6.07, 6.45) is 3.82. The Morgan fingerprint density at radius 2 is 2.05 bits per heavy atom. The fraction of sp³-hybridized carbons (Fsp3) is 0.200. The van der Waals surface area contributed by atoms with Gasteiger partial charge in [-0.25, -0.2) is 9.97 Å². The maximum Gasteiger partial charge on any atom is 0.231 e. The number of anilines is 1. The van der Waals surface area contributed by atoms with E-state index in [-0.39, 0.29) is 6.79 Å². The summed E-state index contributed by atoms with van der Waals surface area (Å²) in [4.78, 5) is 9.08. The van der Waals surface area contributed by atoms with Crippen molar-refractivity contribution in [2.45, 2.75) is 13.1 Å². The molecule has 0 bridgehead atoms. The zero-order valence-corrected chi connectivity index (χ0v) is 11.2. The summed E-state index contributed by atoms with van der Waals surface area (Å²) in [5, 5.41) is 4.42. The lowest BCUT2D eigenvalue weighted by molar-refractivity contribution is 0.174. The van der Waals surface area contributed by atoms with E-state index in [2.05, 4.69) is 20.9 Å². The molecule has 2 aliphatic heterocycles. The molecule has 0 saturated carbocycles. The molecule has 3 aromatic rings. The summed E-state index contributed by atoms with van der Waals surface area (Å²) < 4.78 is 13.0. The number of rotatable bonds is 0. The van der Waals surface area contributed by atoms with Crippen LogP contribution in [0.5, 0.6) is 11.5 Å². The van der Waals surface area contributed by atoms with E-state index in [0.29, 0.717) is 6.54 Å². The van der Waals surface area contributed by atoms with Crippen LogP contribution in [0, 0.1) is 0 Å². The molecule has 0 radical (unpaired) electrons. The highest BCUT2D eigenvalue weighted by atomic mass is 16.7. The summed E-state index contributed by atoms with van der Waals surface area (Å²) in [6, 6.07) is 6.08. The minimum Gasteiger partial charge on any atom is -0.454 e. The molecule has 0 fully saturated rings. The Labute approximate surface area is 120 Å². The molecule has 2 aromatic heterocycles. The van der Waals surface area contributed by atoms with E-state index in [1.54, 1.807) is 0 Å². The van der Waals surface area contributed by atoms with Gasteiger partial charge >= 0.3 is 0 Å². The number of imidazole rings is 1. The molecule has 21 heavy (non-hydrogen) atoms. The maximum atomic E-state index is 5.44. The van der Waals surface area contributed by atoms with E-state index < -0.39 is 0 Å². The highest BCUT2D eigenvalue weighted by molar-refractivity contribution is 5.85.